The van der Waals surface area contributed by atoms with E-state index in [-0.39, 0.29) is 0 Å². The summed E-state index contributed by atoms with van der Waals surface area (Å²) in [5.41, 5.74) is 12.3. The molecule has 0 aliphatic carbocycles. The lowest BCUT2D eigenvalue weighted by atomic mass is 10.0. The van der Waals surface area contributed by atoms with Gasteiger partial charge >= 0.3 is 0 Å². The molecule has 0 N–H and O–H groups in total. The lowest BCUT2D eigenvalue weighted by molar-refractivity contribution is 1.18. The van der Waals surface area contributed by atoms with Gasteiger partial charge in [0.05, 0.1) is 31.5 Å². The molecule has 62 heavy (non-hydrogen) atoms. The predicted octanol–water partition coefficient (Wildman–Crippen LogP) is 17.7. The maximum Gasteiger partial charge on any atom is 0.0711 e. The van der Waals surface area contributed by atoms with Crippen LogP contribution in [0.2, 0.25) is 0 Å². The molecule has 6 heteroatoms. The first kappa shape index (κ1) is 34.9. The lowest BCUT2D eigenvalue weighted by Gasteiger charge is -2.10. The van der Waals surface area contributed by atoms with Crippen LogP contribution in [0.1, 0.15) is 0 Å². The molecule has 0 unspecified atom stereocenters. The first-order valence-electron chi connectivity index (χ1n) is 20.8. The van der Waals surface area contributed by atoms with Gasteiger partial charge in [-0.05, 0) is 113 Å². The minimum absolute atomic E-state index is 1.17. The normalized spacial score (nSPS) is 12.2. The fraction of sp³-hybridized carbons (Fsp3) is 0. The zero-order valence-corrected chi connectivity index (χ0v) is 36.3. The third-order valence-electron chi connectivity index (χ3n) is 12.6. The molecule has 14 rings (SSSR count). The topological polar surface area (TPSA) is 9.86 Å². The average Bonchev–Trinajstić information content (AvgIpc) is 4.18. The zero-order valence-electron chi connectivity index (χ0n) is 33.0. The number of hydrogen-bond acceptors (Lipinski definition) is 4. The average molecular weight is 861 g/mol. The highest BCUT2D eigenvalue weighted by atomic mass is 32.1. The maximum absolute atomic E-state index is 2.50. The molecule has 290 valence electrons. The van der Waals surface area contributed by atoms with E-state index in [0.717, 1.165) is 0 Å². The van der Waals surface area contributed by atoms with Gasteiger partial charge in [0.15, 0.2) is 0 Å². The summed E-state index contributed by atoms with van der Waals surface area (Å²) < 4.78 is 12.9. The summed E-state index contributed by atoms with van der Waals surface area (Å²) in [7, 11) is 0. The molecular weight excluding hydrogens is 829 g/mol. The van der Waals surface area contributed by atoms with Crippen LogP contribution in [0.5, 0.6) is 0 Å². The van der Waals surface area contributed by atoms with E-state index in [0.29, 0.717) is 0 Å². The Balaban J connectivity index is 0.923. The highest BCUT2D eigenvalue weighted by Gasteiger charge is 2.21. The van der Waals surface area contributed by atoms with Crippen molar-refractivity contribution in [3.05, 3.63) is 194 Å². The molecule has 14 aromatic rings. The first-order valence-corrected chi connectivity index (χ1v) is 24.1. The summed E-state index contributed by atoms with van der Waals surface area (Å²) in [5.74, 6) is 0. The molecule has 0 saturated carbocycles. The van der Waals surface area contributed by atoms with Crippen molar-refractivity contribution in [2.45, 2.75) is 0 Å². The maximum atomic E-state index is 2.50. The monoisotopic (exact) mass is 860 g/mol. The summed E-state index contributed by atoms with van der Waals surface area (Å²) >= 11 is 7.60. The molecule has 0 saturated heterocycles. The van der Waals surface area contributed by atoms with Crippen LogP contribution in [0, 0.1) is 0 Å². The van der Waals surface area contributed by atoms with E-state index >= 15 is 0 Å². The van der Waals surface area contributed by atoms with E-state index < -0.39 is 0 Å². The molecule has 2 nitrogen and oxygen atoms in total. The molecule has 0 amide bonds. The van der Waals surface area contributed by atoms with Crippen LogP contribution in [0.15, 0.2) is 194 Å². The fourth-order valence-electron chi connectivity index (χ4n) is 9.68. The minimum Gasteiger partial charge on any atom is -0.309 e. The van der Waals surface area contributed by atoms with Crippen LogP contribution in [-0.4, -0.2) is 9.13 Å². The van der Waals surface area contributed by atoms with Crippen molar-refractivity contribution in [1.29, 1.82) is 0 Å². The highest BCUT2D eigenvalue weighted by molar-refractivity contribution is 7.30. The number of para-hydroxylation sites is 2. The van der Waals surface area contributed by atoms with Gasteiger partial charge < -0.3 is 9.13 Å². The zero-order chi connectivity index (χ0) is 40.5. The largest absolute Gasteiger partial charge is 0.309 e. The van der Waals surface area contributed by atoms with E-state index in [1.54, 1.807) is 0 Å². The van der Waals surface area contributed by atoms with Crippen LogP contribution < -0.4 is 0 Å². The van der Waals surface area contributed by atoms with Crippen LogP contribution >= 0.6 is 45.3 Å². The molecule has 0 aliphatic rings. The molecule has 0 radical (unpaired) electrons. The quantitative estimate of drug-likeness (QED) is 0.163. The number of aromatic nitrogens is 2. The van der Waals surface area contributed by atoms with Gasteiger partial charge in [0.25, 0.3) is 0 Å². The van der Waals surface area contributed by atoms with E-state index in [1.165, 1.54) is 126 Å². The van der Waals surface area contributed by atoms with Gasteiger partial charge in [0.2, 0.25) is 0 Å². The van der Waals surface area contributed by atoms with E-state index in [4.69, 9.17) is 0 Å². The van der Waals surface area contributed by atoms with Gasteiger partial charge in [-0.15, -0.1) is 45.3 Å². The lowest BCUT2D eigenvalue weighted by Crippen LogP contribution is -1.93. The van der Waals surface area contributed by atoms with Gasteiger partial charge in [0, 0.05) is 72.2 Å². The molecule has 8 aromatic carbocycles. The summed E-state index contributed by atoms with van der Waals surface area (Å²) in [6.45, 7) is 0. The Hall–Kier alpha value is -6.80. The number of fused-ring (bicyclic) bond motifs is 12. The summed E-state index contributed by atoms with van der Waals surface area (Å²) in [4.78, 5) is 2.59. The predicted molar refractivity (Wildman–Crippen MR) is 273 cm³/mol. The second-order valence-corrected chi connectivity index (χ2v) is 20.3. The Kier molecular flexibility index (Phi) is 7.51. The molecule has 0 aliphatic heterocycles. The van der Waals surface area contributed by atoms with Crippen LogP contribution in [0.4, 0.5) is 0 Å². The highest BCUT2D eigenvalue weighted by Crippen LogP contribution is 2.48. The van der Waals surface area contributed by atoms with Crippen LogP contribution in [-0.2, 0) is 0 Å². The van der Waals surface area contributed by atoms with Gasteiger partial charge in [-0.25, -0.2) is 0 Å². The molecule has 6 aromatic heterocycles. The smallest absolute Gasteiger partial charge is 0.0711 e. The standard InChI is InChI=1S/C56H32N2S4/c1-2-10-37(11-3-1)57-45-15-7-4-12-39(45)42-28-34(20-25-46(42)57)33-18-23-38(24-19-33)58-47-31-53(35-21-26-51-43(29-35)40-13-5-8-16-49(40)59-51)61-55(47)56-48(58)32-54(62-56)36-22-27-52-44(30-36)41-14-6-9-17-50(41)60-52/h1-32H. The van der Waals surface area contributed by atoms with Crippen molar-refractivity contribution < 1.29 is 0 Å². The SMILES string of the molecule is c1ccc(-n2c3ccccc3c3cc(-c4ccc(-n5c6cc(-c7ccc8sc9ccccc9c8c7)sc6c6sc(-c7ccc8sc9ccccc9c8c7)cc65)cc4)ccc32)cc1. The van der Waals surface area contributed by atoms with Crippen LogP contribution in [0.3, 0.4) is 0 Å². The Morgan fingerprint density at radius 3 is 1.34 bits per heavy atom. The molecule has 0 bridgehead atoms. The van der Waals surface area contributed by atoms with E-state index in [1.807, 2.05) is 45.3 Å². The van der Waals surface area contributed by atoms with Crippen molar-refractivity contribution in [3.8, 4) is 43.4 Å². The molecular formula is C56H32N2S4. The van der Waals surface area contributed by atoms with E-state index in [2.05, 4.69) is 203 Å². The van der Waals surface area contributed by atoms with Gasteiger partial charge in [-0.2, -0.15) is 0 Å². The molecule has 0 spiro atoms. The van der Waals surface area contributed by atoms with E-state index in [9.17, 15) is 0 Å². The third-order valence-corrected chi connectivity index (χ3v) is 17.4. The molecule has 6 heterocycles. The fourth-order valence-corrected chi connectivity index (χ4v) is 14.3. The Morgan fingerprint density at radius 2 is 0.710 bits per heavy atom. The van der Waals surface area contributed by atoms with Crippen LogP contribution in [0.25, 0.3) is 126 Å². The second-order valence-electron chi connectivity index (χ2n) is 16.1. The number of hydrogen-bond donors (Lipinski definition) is 0. The number of benzene rings is 8. The molecule has 0 atom stereocenters. The summed E-state index contributed by atoms with van der Waals surface area (Å²) in [6, 6.07) is 72.1. The molecule has 0 fully saturated rings. The summed E-state index contributed by atoms with van der Waals surface area (Å²) in [6.07, 6.45) is 0. The number of nitrogens with zero attached hydrogens (tertiary/aromatic N) is 2. The van der Waals surface area contributed by atoms with Gasteiger partial charge in [-0.3, -0.25) is 0 Å². The van der Waals surface area contributed by atoms with Crippen molar-refractivity contribution in [3.63, 3.8) is 0 Å². The minimum atomic E-state index is 1.17. The van der Waals surface area contributed by atoms with Crippen molar-refractivity contribution >= 4 is 128 Å². The van der Waals surface area contributed by atoms with Crippen molar-refractivity contribution in [1.82, 2.24) is 9.13 Å². The third kappa shape index (κ3) is 5.19. The first-order chi connectivity index (χ1) is 30.7. The van der Waals surface area contributed by atoms with Crippen molar-refractivity contribution in [2.24, 2.45) is 0 Å². The van der Waals surface area contributed by atoms with Gasteiger partial charge in [-0.1, -0.05) is 103 Å². The second kappa shape index (κ2) is 13.3. The Bertz CT molecular complexity index is 3930. The number of rotatable bonds is 5. The Labute approximate surface area is 372 Å². The van der Waals surface area contributed by atoms with Crippen molar-refractivity contribution in [2.75, 3.05) is 0 Å². The van der Waals surface area contributed by atoms with Gasteiger partial charge in [0.1, 0.15) is 0 Å². The summed E-state index contributed by atoms with van der Waals surface area (Å²) in [5, 5.41) is 7.87. The number of thiophene rings is 4. The Morgan fingerprint density at radius 1 is 0.258 bits per heavy atom.